The van der Waals surface area contributed by atoms with Crippen LogP contribution in [0.3, 0.4) is 0 Å². The summed E-state index contributed by atoms with van der Waals surface area (Å²) in [5, 5.41) is 0. The molecule has 3 aromatic carbocycles. The molecule has 1 saturated heterocycles. The smallest absolute Gasteiger partial charge is 0.340 e. The molecule has 38 heavy (non-hydrogen) atoms. The summed E-state index contributed by atoms with van der Waals surface area (Å²) < 4.78 is 5.38. The Morgan fingerprint density at radius 1 is 0.737 bits per heavy atom. The van der Waals surface area contributed by atoms with Gasteiger partial charge in [-0.3, -0.25) is 14.4 Å². The Kier molecular flexibility index (Phi) is 5.18. The van der Waals surface area contributed by atoms with Gasteiger partial charge in [0.05, 0.1) is 23.1 Å². The fourth-order valence-corrected chi connectivity index (χ4v) is 6.81. The summed E-state index contributed by atoms with van der Waals surface area (Å²) in [5.41, 5.74) is 2.79. The highest BCUT2D eigenvalue weighted by atomic mass is 16.5. The lowest BCUT2D eigenvalue weighted by molar-refractivity contribution is -0.124. The van der Waals surface area contributed by atoms with Gasteiger partial charge in [-0.05, 0) is 53.4 Å². The van der Waals surface area contributed by atoms with E-state index in [2.05, 4.69) is 12.2 Å². The largest absolute Gasteiger partial charge is 0.454 e. The number of carbonyl (C=O) groups is 4. The Morgan fingerprint density at radius 3 is 1.97 bits per heavy atom. The first-order valence-corrected chi connectivity index (χ1v) is 13.0. The molecule has 188 valence electrons. The van der Waals surface area contributed by atoms with Gasteiger partial charge in [-0.2, -0.15) is 0 Å². The van der Waals surface area contributed by atoms with Crippen molar-refractivity contribution >= 4 is 29.3 Å². The van der Waals surface area contributed by atoms with E-state index >= 15 is 0 Å². The van der Waals surface area contributed by atoms with Crippen LogP contribution in [-0.4, -0.2) is 30.2 Å². The second-order valence-corrected chi connectivity index (χ2v) is 10.6. The number of para-hydroxylation sites is 1. The topological polar surface area (TPSA) is 80.8 Å². The molecule has 5 aliphatic rings. The van der Waals surface area contributed by atoms with Gasteiger partial charge in [0, 0.05) is 5.56 Å². The van der Waals surface area contributed by atoms with Crippen LogP contribution < -0.4 is 4.90 Å². The zero-order valence-corrected chi connectivity index (χ0v) is 20.5. The molecule has 1 heterocycles. The number of hydrogen-bond acceptors (Lipinski definition) is 5. The molecule has 8 rings (SSSR count). The standard InChI is InChI=1S/C32H25NO5/c34-27(20-12-10-19(11-13-20)18-6-2-1-3-7-18)17-38-32(37)23-8-4-5-9-26(23)33-30(35)28-21-14-15-22(25-16-24(21)25)29(28)31(33)36/h1-15,21-22,24-25,28-29H,16-17H2/t21-,22-,24-,25+,28-,29+/m0/s1. The molecule has 0 N–H and O–H groups in total. The van der Waals surface area contributed by atoms with Crippen LogP contribution in [0.2, 0.25) is 0 Å². The number of rotatable bonds is 6. The molecule has 0 unspecified atom stereocenters. The first kappa shape index (κ1) is 22.8. The van der Waals surface area contributed by atoms with Gasteiger partial charge in [0.2, 0.25) is 11.8 Å². The van der Waals surface area contributed by atoms with Gasteiger partial charge in [-0.1, -0.05) is 78.9 Å². The summed E-state index contributed by atoms with van der Waals surface area (Å²) in [4.78, 5) is 54.1. The number of Topliss-reactive ketones (excluding diaryl/α,β-unsaturated/α-hetero) is 1. The molecule has 1 aliphatic heterocycles. The summed E-state index contributed by atoms with van der Waals surface area (Å²) in [7, 11) is 0. The number of amides is 2. The number of ether oxygens (including phenoxy) is 1. The molecular formula is C32H25NO5. The Balaban J connectivity index is 1.07. The van der Waals surface area contributed by atoms with E-state index in [0.29, 0.717) is 17.4 Å². The van der Waals surface area contributed by atoms with E-state index in [1.165, 1.54) is 11.0 Å². The third-order valence-corrected chi connectivity index (χ3v) is 8.68. The van der Waals surface area contributed by atoms with Crippen molar-refractivity contribution in [2.45, 2.75) is 6.42 Å². The van der Waals surface area contributed by atoms with E-state index in [9.17, 15) is 19.2 Å². The van der Waals surface area contributed by atoms with E-state index in [1.54, 1.807) is 30.3 Å². The molecule has 0 aromatic heterocycles. The number of hydrogen-bond donors (Lipinski definition) is 0. The van der Waals surface area contributed by atoms with Crippen LogP contribution in [0.5, 0.6) is 0 Å². The highest BCUT2D eigenvalue weighted by Gasteiger charge is 2.67. The van der Waals surface area contributed by atoms with Crippen LogP contribution in [0.15, 0.2) is 91.0 Å². The van der Waals surface area contributed by atoms with Gasteiger partial charge in [0.25, 0.3) is 0 Å². The lowest BCUT2D eigenvalue weighted by Gasteiger charge is -2.37. The van der Waals surface area contributed by atoms with Crippen molar-refractivity contribution in [1.29, 1.82) is 0 Å². The lowest BCUT2D eigenvalue weighted by Crippen LogP contribution is -2.40. The van der Waals surface area contributed by atoms with Gasteiger partial charge in [0.15, 0.2) is 12.4 Å². The second-order valence-electron chi connectivity index (χ2n) is 10.6. The van der Waals surface area contributed by atoms with Gasteiger partial charge < -0.3 is 4.74 Å². The average Bonchev–Trinajstić information content (AvgIpc) is 3.75. The fraction of sp³-hybridized carbons (Fsp3) is 0.250. The Bertz CT molecular complexity index is 1470. The molecule has 2 saturated carbocycles. The predicted molar refractivity (Wildman–Crippen MR) is 140 cm³/mol. The third-order valence-electron chi connectivity index (χ3n) is 8.68. The molecule has 3 aromatic rings. The number of ketones is 1. The van der Waals surface area contributed by atoms with Crippen LogP contribution in [-0.2, 0) is 14.3 Å². The molecule has 2 amide bonds. The van der Waals surface area contributed by atoms with Crippen molar-refractivity contribution < 1.29 is 23.9 Å². The Labute approximate surface area is 219 Å². The summed E-state index contributed by atoms with van der Waals surface area (Å²) in [6.45, 7) is -0.442. The molecule has 2 bridgehead atoms. The minimum absolute atomic E-state index is 0.0986. The molecular weight excluding hydrogens is 478 g/mol. The number of carbonyl (C=O) groups excluding carboxylic acids is 4. The van der Waals surface area contributed by atoms with E-state index in [4.69, 9.17) is 4.74 Å². The molecule has 6 nitrogen and oxygen atoms in total. The maximum absolute atomic E-state index is 13.5. The van der Waals surface area contributed by atoms with Crippen molar-refractivity contribution in [3.8, 4) is 11.1 Å². The van der Waals surface area contributed by atoms with Gasteiger partial charge in [-0.15, -0.1) is 0 Å². The number of imide groups is 1. The summed E-state index contributed by atoms with van der Waals surface area (Å²) in [6.07, 6.45) is 5.32. The normalized spacial score (nSPS) is 28.2. The number of nitrogens with zero attached hydrogens (tertiary/aromatic N) is 1. The Morgan fingerprint density at radius 2 is 1.32 bits per heavy atom. The number of benzene rings is 3. The molecule has 0 radical (unpaired) electrons. The minimum atomic E-state index is -0.741. The van der Waals surface area contributed by atoms with Crippen LogP contribution in [0.25, 0.3) is 11.1 Å². The second kappa shape index (κ2) is 8.62. The minimum Gasteiger partial charge on any atom is -0.454 e. The summed E-state index contributed by atoms with van der Waals surface area (Å²) >= 11 is 0. The third kappa shape index (κ3) is 3.47. The quantitative estimate of drug-likeness (QED) is 0.206. The predicted octanol–water partition coefficient (Wildman–Crippen LogP) is 4.95. The number of allylic oxidation sites excluding steroid dienone is 2. The number of anilines is 1. The first-order chi connectivity index (χ1) is 18.5. The van der Waals surface area contributed by atoms with Crippen molar-refractivity contribution in [3.63, 3.8) is 0 Å². The van der Waals surface area contributed by atoms with Crippen LogP contribution in [0.4, 0.5) is 5.69 Å². The van der Waals surface area contributed by atoms with E-state index in [1.807, 2.05) is 42.5 Å². The monoisotopic (exact) mass is 503 g/mol. The van der Waals surface area contributed by atoms with Crippen LogP contribution in [0.1, 0.15) is 27.1 Å². The maximum Gasteiger partial charge on any atom is 0.340 e. The van der Waals surface area contributed by atoms with Gasteiger partial charge in [-0.25, -0.2) is 9.69 Å². The van der Waals surface area contributed by atoms with Crippen molar-refractivity contribution in [3.05, 3.63) is 102 Å². The van der Waals surface area contributed by atoms with Crippen LogP contribution in [0, 0.1) is 35.5 Å². The Hall–Kier alpha value is -4.32. The van der Waals surface area contributed by atoms with E-state index in [0.717, 1.165) is 17.5 Å². The summed E-state index contributed by atoms with van der Waals surface area (Å²) in [5.74, 6) is -1.07. The zero-order valence-electron chi connectivity index (χ0n) is 20.5. The molecule has 6 heteroatoms. The van der Waals surface area contributed by atoms with E-state index < -0.39 is 12.6 Å². The van der Waals surface area contributed by atoms with E-state index in [-0.39, 0.29) is 52.5 Å². The highest BCUT2D eigenvalue weighted by Crippen LogP contribution is 2.65. The first-order valence-electron chi connectivity index (χ1n) is 13.0. The molecule has 3 fully saturated rings. The van der Waals surface area contributed by atoms with Gasteiger partial charge >= 0.3 is 5.97 Å². The van der Waals surface area contributed by atoms with Crippen molar-refractivity contribution in [2.24, 2.45) is 35.5 Å². The lowest BCUT2D eigenvalue weighted by atomic mass is 9.63. The number of esters is 1. The maximum atomic E-state index is 13.5. The molecule has 0 spiro atoms. The highest BCUT2D eigenvalue weighted by molar-refractivity contribution is 6.24. The van der Waals surface area contributed by atoms with Gasteiger partial charge in [0.1, 0.15) is 0 Å². The fourth-order valence-electron chi connectivity index (χ4n) is 6.81. The average molecular weight is 504 g/mol. The van der Waals surface area contributed by atoms with Crippen molar-refractivity contribution in [2.75, 3.05) is 11.5 Å². The summed E-state index contributed by atoms with van der Waals surface area (Å²) in [6, 6.07) is 23.4. The zero-order chi connectivity index (χ0) is 26.0. The van der Waals surface area contributed by atoms with Crippen molar-refractivity contribution in [1.82, 2.24) is 0 Å². The molecule has 4 aliphatic carbocycles. The van der Waals surface area contributed by atoms with Crippen LogP contribution >= 0.6 is 0 Å². The SMILES string of the molecule is O=C(COC(=O)c1ccccc1N1C(=O)[C@@H]2[C@H]3C=C[C@@H]([C@@H]4C[C@H]34)[C@@H]2C1=O)c1ccc(-c2ccccc2)cc1. The molecule has 6 atom stereocenters.